The third-order valence-electron chi connectivity index (χ3n) is 3.71. The molecule has 1 aromatic rings. The van der Waals surface area contributed by atoms with Gasteiger partial charge in [0.1, 0.15) is 0 Å². The third-order valence-corrected chi connectivity index (χ3v) is 4.73. The van der Waals surface area contributed by atoms with Gasteiger partial charge in [-0.15, -0.1) is 11.8 Å². The first-order valence-corrected chi connectivity index (χ1v) is 8.60. The summed E-state index contributed by atoms with van der Waals surface area (Å²) in [6, 6.07) is 10.1. The molecule has 2 amide bonds. The number of nitrogens with one attached hydrogen (secondary N) is 1. The van der Waals surface area contributed by atoms with Crippen LogP contribution in [0.1, 0.15) is 12.8 Å². The van der Waals surface area contributed by atoms with Crippen LogP contribution in [-0.2, 0) is 9.59 Å². The summed E-state index contributed by atoms with van der Waals surface area (Å²) in [5.41, 5.74) is 5.34. The predicted molar refractivity (Wildman–Crippen MR) is 88.5 cm³/mol. The second kappa shape index (κ2) is 8.80. The zero-order valence-electron chi connectivity index (χ0n) is 12.7. The molecule has 1 fully saturated rings. The summed E-state index contributed by atoms with van der Waals surface area (Å²) in [4.78, 5) is 26.4. The van der Waals surface area contributed by atoms with Gasteiger partial charge in [-0.05, 0) is 31.5 Å². The summed E-state index contributed by atoms with van der Waals surface area (Å²) in [6.07, 6.45) is 1.76. The maximum Gasteiger partial charge on any atom is 0.234 e. The molecule has 1 atom stereocenters. The number of benzene rings is 1. The Labute approximate surface area is 135 Å². The van der Waals surface area contributed by atoms with Gasteiger partial charge in [0, 0.05) is 23.7 Å². The SMILES string of the molecule is NC(=O)[C@@H]1CCCN(CC(=O)NCCSc2ccccc2)C1. The molecule has 1 heterocycles. The smallest absolute Gasteiger partial charge is 0.234 e. The topological polar surface area (TPSA) is 75.4 Å². The molecule has 22 heavy (non-hydrogen) atoms. The number of nitrogens with two attached hydrogens (primary N) is 1. The number of rotatable bonds is 7. The number of nitrogens with zero attached hydrogens (tertiary/aromatic N) is 1. The van der Waals surface area contributed by atoms with E-state index in [-0.39, 0.29) is 17.7 Å². The van der Waals surface area contributed by atoms with Crippen molar-refractivity contribution in [1.29, 1.82) is 0 Å². The molecule has 5 nitrogen and oxygen atoms in total. The van der Waals surface area contributed by atoms with Gasteiger partial charge in [-0.3, -0.25) is 14.5 Å². The zero-order valence-corrected chi connectivity index (χ0v) is 13.5. The van der Waals surface area contributed by atoms with E-state index in [4.69, 9.17) is 5.73 Å². The van der Waals surface area contributed by atoms with Crippen LogP contribution in [0.15, 0.2) is 35.2 Å². The number of piperidine rings is 1. The van der Waals surface area contributed by atoms with E-state index >= 15 is 0 Å². The van der Waals surface area contributed by atoms with E-state index in [9.17, 15) is 9.59 Å². The number of hydrogen-bond acceptors (Lipinski definition) is 4. The van der Waals surface area contributed by atoms with Gasteiger partial charge in [0.25, 0.3) is 0 Å². The minimum Gasteiger partial charge on any atom is -0.369 e. The normalized spacial score (nSPS) is 18.8. The lowest BCUT2D eigenvalue weighted by molar-refractivity contribution is -0.126. The standard InChI is InChI=1S/C16H23N3O2S/c17-16(21)13-5-4-9-19(11-13)12-15(20)18-8-10-22-14-6-2-1-3-7-14/h1-3,6-7,13H,4-5,8-12H2,(H2,17,21)(H,18,20)/t13-/m1/s1. The van der Waals surface area contributed by atoms with E-state index in [1.165, 1.54) is 4.90 Å². The highest BCUT2D eigenvalue weighted by Gasteiger charge is 2.24. The number of hydrogen-bond donors (Lipinski definition) is 2. The lowest BCUT2D eigenvalue weighted by Crippen LogP contribution is -2.45. The number of thioether (sulfide) groups is 1. The lowest BCUT2D eigenvalue weighted by atomic mass is 9.97. The summed E-state index contributed by atoms with van der Waals surface area (Å²) < 4.78 is 0. The van der Waals surface area contributed by atoms with Crippen LogP contribution < -0.4 is 11.1 Å². The van der Waals surface area contributed by atoms with E-state index in [0.29, 0.717) is 19.6 Å². The number of amides is 2. The predicted octanol–water partition coefficient (Wildman–Crippen LogP) is 1.09. The zero-order chi connectivity index (χ0) is 15.8. The van der Waals surface area contributed by atoms with Gasteiger partial charge in [-0.25, -0.2) is 0 Å². The molecular weight excluding hydrogens is 298 g/mol. The summed E-state index contributed by atoms with van der Waals surface area (Å²) in [5.74, 6) is 0.484. The molecule has 1 aliphatic rings. The van der Waals surface area contributed by atoms with Crippen molar-refractivity contribution in [1.82, 2.24) is 10.2 Å². The van der Waals surface area contributed by atoms with Crippen LogP contribution in [0.2, 0.25) is 0 Å². The minimum atomic E-state index is -0.260. The van der Waals surface area contributed by atoms with E-state index in [2.05, 4.69) is 17.4 Å². The quantitative estimate of drug-likeness (QED) is 0.582. The largest absolute Gasteiger partial charge is 0.369 e. The molecule has 1 aromatic carbocycles. The molecule has 1 aliphatic heterocycles. The van der Waals surface area contributed by atoms with Crippen LogP contribution in [0.25, 0.3) is 0 Å². The average molecular weight is 321 g/mol. The Bertz CT molecular complexity index is 495. The van der Waals surface area contributed by atoms with Gasteiger partial charge < -0.3 is 11.1 Å². The van der Waals surface area contributed by atoms with Crippen LogP contribution in [0.3, 0.4) is 0 Å². The summed E-state index contributed by atoms with van der Waals surface area (Å²) >= 11 is 1.72. The molecule has 0 aromatic heterocycles. The second-order valence-corrected chi connectivity index (χ2v) is 6.66. The fourth-order valence-electron chi connectivity index (χ4n) is 2.57. The molecular formula is C16H23N3O2S. The van der Waals surface area contributed by atoms with Crippen molar-refractivity contribution in [2.24, 2.45) is 11.7 Å². The fourth-order valence-corrected chi connectivity index (χ4v) is 3.36. The Kier molecular flexibility index (Phi) is 6.74. The van der Waals surface area contributed by atoms with Gasteiger partial charge in [0.05, 0.1) is 12.5 Å². The first-order chi connectivity index (χ1) is 10.6. The maximum atomic E-state index is 11.9. The van der Waals surface area contributed by atoms with Crippen LogP contribution in [0.4, 0.5) is 0 Å². The molecule has 0 aliphatic carbocycles. The van der Waals surface area contributed by atoms with Gasteiger partial charge in [-0.1, -0.05) is 18.2 Å². The Morgan fingerprint density at radius 1 is 1.32 bits per heavy atom. The Morgan fingerprint density at radius 3 is 2.82 bits per heavy atom. The molecule has 0 saturated carbocycles. The molecule has 3 N–H and O–H groups in total. The van der Waals surface area contributed by atoms with Crippen molar-refractivity contribution in [2.75, 3.05) is 31.9 Å². The molecule has 120 valence electrons. The van der Waals surface area contributed by atoms with Crippen molar-refractivity contribution in [3.8, 4) is 0 Å². The van der Waals surface area contributed by atoms with Crippen LogP contribution in [-0.4, -0.2) is 48.6 Å². The number of carbonyl (C=O) groups excluding carboxylic acids is 2. The monoisotopic (exact) mass is 321 g/mol. The Hall–Kier alpha value is -1.53. The van der Waals surface area contributed by atoms with Crippen LogP contribution in [0.5, 0.6) is 0 Å². The van der Waals surface area contributed by atoms with Gasteiger partial charge in [0.15, 0.2) is 0 Å². The van der Waals surface area contributed by atoms with Gasteiger partial charge in [0.2, 0.25) is 11.8 Å². The first-order valence-electron chi connectivity index (χ1n) is 7.61. The summed E-state index contributed by atoms with van der Waals surface area (Å²) in [7, 11) is 0. The van der Waals surface area contributed by atoms with E-state index in [1.54, 1.807) is 11.8 Å². The van der Waals surface area contributed by atoms with Crippen LogP contribution in [0, 0.1) is 5.92 Å². The third kappa shape index (κ3) is 5.69. The highest BCUT2D eigenvalue weighted by molar-refractivity contribution is 7.99. The fraction of sp³-hybridized carbons (Fsp3) is 0.500. The van der Waals surface area contributed by atoms with Crippen molar-refractivity contribution in [3.05, 3.63) is 30.3 Å². The van der Waals surface area contributed by atoms with Crippen molar-refractivity contribution < 1.29 is 9.59 Å². The number of likely N-dealkylation sites (tertiary alicyclic amines) is 1. The second-order valence-electron chi connectivity index (χ2n) is 5.49. The highest BCUT2D eigenvalue weighted by Crippen LogP contribution is 2.16. The summed E-state index contributed by atoms with van der Waals surface area (Å²) in [5, 5.41) is 2.93. The van der Waals surface area contributed by atoms with Crippen molar-refractivity contribution in [2.45, 2.75) is 17.7 Å². The molecule has 0 radical (unpaired) electrons. The van der Waals surface area contributed by atoms with E-state index in [1.807, 2.05) is 23.1 Å². The molecule has 2 rings (SSSR count). The first kappa shape index (κ1) is 16.8. The van der Waals surface area contributed by atoms with Crippen LogP contribution >= 0.6 is 11.8 Å². The lowest BCUT2D eigenvalue weighted by Gasteiger charge is -2.30. The Morgan fingerprint density at radius 2 is 2.09 bits per heavy atom. The van der Waals surface area contributed by atoms with Gasteiger partial charge >= 0.3 is 0 Å². The molecule has 0 spiro atoms. The van der Waals surface area contributed by atoms with E-state index in [0.717, 1.165) is 25.1 Å². The average Bonchev–Trinajstić information content (AvgIpc) is 2.53. The highest BCUT2D eigenvalue weighted by atomic mass is 32.2. The van der Waals surface area contributed by atoms with Gasteiger partial charge in [-0.2, -0.15) is 0 Å². The molecule has 6 heteroatoms. The molecule has 1 saturated heterocycles. The minimum absolute atomic E-state index is 0.0128. The number of carbonyl (C=O) groups is 2. The molecule has 0 bridgehead atoms. The Balaban J connectivity index is 1.62. The van der Waals surface area contributed by atoms with Crippen molar-refractivity contribution >= 4 is 23.6 Å². The number of primary amides is 1. The maximum absolute atomic E-state index is 11.9. The summed E-state index contributed by atoms with van der Waals surface area (Å²) in [6.45, 7) is 2.45. The van der Waals surface area contributed by atoms with E-state index < -0.39 is 0 Å². The van der Waals surface area contributed by atoms with Crippen molar-refractivity contribution in [3.63, 3.8) is 0 Å². The molecule has 0 unspecified atom stereocenters.